The third-order valence-electron chi connectivity index (χ3n) is 3.58. The van der Waals surface area contributed by atoms with Crippen LogP contribution < -0.4 is 5.32 Å². The van der Waals surface area contributed by atoms with Crippen molar-refractivity contribution in [1.82, 2.24) is 5.32 Å². The lowest BCUT2D eigenvalue weighted by Gasteiger charge is -2.08. The highest BCUT2D eigenvalue weighted by atomic mass is 32.2. The molecule has 2 aromatic carbocycles. The maximum absolute atomic E-state index is 3.44. The molecule has 0 unspecified atom stereocenters. The van der Waals surface area contributed by atoms with Crippen molar-refractivity contribution < 1.29 is 0 Å². The smallest absolute Gasteiger partial charge is 0.0234 e. The Balaban J connectivity index is 1.90. The van der Waals surface area contributed by atoms with E-state index in [9.17, 15) is 0 Å². The fourth-order valence-electron chi connectivity index (χ4n) is 2.23. The van der Waals surface area contributed by atoms with Crippen LogP contribution in [0.3, 0.4) is 0 Å². The summed E-state index contributed by atoms with van der Waals surface area (Å²) < 4.78 is 0. The number of benzene rings is 2. The van der Waals surface area contributed by atoms with Gasteiger partial charge in [-0.3, -0.25) is 0 Å². The Kier molecular flexibility index (Phi) is 6.34. The van der Waals surface area contributed by atoms with Crippen LogP contribution in [0.2, 0.25) is 0 Å². The Labute approximate surface area is 133 Å². The van der Waals surface area contributed by atoms with E-state index in [0.29, 0.717) is 0 Å². The molecule has 0 saturated heterocycles. The second-order valence-corrected chi connectivity index (χ2v) is 6.59. The third kappa shape index (κ3) is 5.22. The molecule has 0 saturated carbocycles. The minimum Gasteiger partial charge on any atom is -0.313 e. The van der Waals surface area contributed by atoms with Crippen LogP contribution in [0, 0.1) is 13.8 Å². The first-order valence-electron chi connectivity index (χ1n) is 7.67. The van der Waals surface area contributed by atoms with Crippen molar-refractivity contribution in [3.05, 3.63) is 64.7 Å². The molecule has 0 bridgehead atoms. The van der Waals surface area contributed by atoms with Gasteiger partial charge in [-0.2, -0.15) is 0 Å². The molecule has 0 aromatic heterocycles. The molecule has 0 amide bonds. The number of thioether (sulfide) groups is 1. The van der Waals surface area contributed by atoms with Crippen molar-refractivity contribution in [1.29, 1.82) is 0 Å². The van der Waals surface area contributed by atoms with E-state index in [1.165, 1.54) is 33.6 Å². The summed E-state index contributed by atoms with van der Waals surface area (Å²) in [6, 6.07) is 15.6. The van der Waals surface area contributed by atoms with Crippen LogP contribution in [0.5, 0.6) is 0 Å². The monoisotopic (exact) mass is 299 g/mol. The molecule has 0 aliphatic carbocycles. The van der Waals surface area contributed by atoms with Crippen LogP contribution in [0.15, 0.2) is 47.4 Å². The van der Waals surface area contributed by atoms with Crippen molar-refractivity contribution >= 4 is 11.8 Å². The minimum atomic E-state index is 0.968. The molecule has 1 nitrogen and oxygen atoms in total. The fourth-order valence-corrected chi connectivity index (χ4v) is 3.19. The van der Waals surface area contributed by atoms with Gasteiger partial charge in [0.1, 0.15) is 0 Å². The molecule has 0 spiro atoms. The van der Waals surface area contributed by atoms with Gasteiger partial charge in [0, 0.05) is 17.2 Å². The number of rotatable bonds is 7. The van der Waals surface area contributed by atoms with Crippen molar-refractivity contribution in [2.75, 3.05) is 6.54 Å². The highest BCUT2D eigenvalue weighted by Crippen LogP contribution is 2.25. The average molecular weight is 299 g/mol. The van der Waals surface area contributed by atoms with Crippen LogP contribution in [-0.4, -0.2) is 6.54 Å². The highest BCUT2D eigenvalue weighted by molar-refractivity contribution is 7.98. The van der Waals surface area contributed by atoms with Crippen molar-refractivity contribution in [3.63, 3.8) is 0 Å². The lowest BCUT2D eigenvalue weighted by molar-refractivity contribution is 0.675. The maximum atomic E-state index is 3.44. The summed E-state index contributed by atoms with van der Waals surface area (Å²) in [5, 5.41) is 3.44. The second kappa shape index (κ2) is 8.26. The topological polar surface area (TPSA) is 12.0 Å². The van der Waals surface area contributed by atoms with E-state index in [2.05, 4.69) is 68.6 Å². The van der Waals surface area contributed by atoms with Crippen molar-refractivity contribution in [3.8, 4) is 0 Å². The van der Waals surface area contributed by atoms with E-state index < -0.39 is 0 Å². The maximum Gasteiger partial charge on any atom is 0.0234 e. The summed E-state index contributed by atoms with van der Waals surface area (Å²) >= 11 is 1.91. The molecule has 2 rings (SSSR count). The van der Waals surface area contributed by atoms with Crippen LogP contribution in [0.25, 0.3) is 0 Å². The Bertz CT molecular complexity index is 560. The molecule has 21 heavy (non-hydrogen) atoms. The highest BCUT2D eigenvalue weighted by Gasteiger charge is 2.01. The Morgan fingerprint density at radius 1 is 1.00 bits per heavy atom. The summed E-state index contributed by atoms with van der Waals surface area (Å²) in [6.07, 6.45) is 1.18. The van der Waals surface area contributed by atoms with Crippen molar-refractivity contribution in [2.24, 2.45) is 0 Å². The molecule has 0 fully saturated rings. The standard InChI is InChI=1S/C19H25NS/c1-4-11-20-13-17-7-9-19(10-8-17)21-14-18-12-15(2)5-6-16(18)3/h5-10,12,20H,4,11,13-14H2,1-3H3. The van der Waals surface area contributed by atoms with E-state index >= 15 is 0 Å². The van der Waals surface area contributed by atoms with Crippen LogP contribution in [0.4, 0.5) is 0 Å². The normalized spacial score (nSPS) is 10.8. The van der Waals surface area contributed by atoms with Gasteiger partial charge in [-0.1, -0.05) is 42.8 Å². The lowest BCUT2D eigenvalue weighted by Crippen LogP contribution is -2.13. The van der Waals surface area contributed by atoms with Gasteiger partial charge in [-0.25, -0.2) is 0 Å². The molecule has 2 heteroatoms. The van der Waals surface area contributed by atoms with Crippen LogP contribution in [-0.2, 0) is 12.3 Å². The van der Waals surface area contributed by atoms with E-state index in [0.717, 1.165) is 18.8 Å². The summed E-state index contributed by atoms with van der Waals surface area (Å²) in [4.78, 5) is 1.34. The summed E-state index contributed by atoms with van der Waals surface area (Å²) in [7, 11) is 0. The lowest BCUT2D eigenvalue weighted by atomic mass is 10.1. The minimum absolute atomic E-state index is 0.968. The third-order valence-corrected chi connectivity index (χ3v) is 4.64. The molecule has 0 heterocycles. The number of hydrogen-bond acceptors (Lipinski definition) is 2. The SMILES string of the molecule is CCCNCc1ccc(SCc2cc(C)ccc2C)cc1. The van der Waals surface area contributed by atoms with Gasteiger partial charge in [0.05, 0.1) is 0 Å². The molecule has 0 radical (unpaired) electrons. The van der Waals surface area contributed by atoms with Gasteiger partial charge >= 0.3 is 0 Å². The first kappa shape index (κ1) is 16.1. The largest absolute Gasteiger partial charge is 0.313 e. The number of aryl methyl sites for hydroxylation is 2. The zero-order valence-electron chi connectivity index (χ0n) is 13.3. The van der Waals surface area contributed by atoms with Crippen LogP contribution in [0.1, 0.15) is 35.6 Å². The van der Waals surface area contributed by atoms with E-state index in [-0.39, 0.29) is 0 Å². The summed E-state index contributed by atoms with van der Waals surface area (Å²) in [5.74, 6) is 1.04. The molecular weight excluding hydrogens is 274 g/mol. The quantitative estimate of drug-likeness (QED) is 0.564. The summed E-state index contributed by atoms with van der Waals surface area (Å²) in [6.45, 7) is 8.60. The molecular formula is C19H25NS. The van der Waals surface area contributed by atoms with Gasteiger partial charge in [-0.05, 0) is 55.6 Å². The molecule has 0 atom stereocenters. The first-order chi connectivity index (χ1) is 10.2. The first-order valence-corrected chi connectivity index (χ1v) is 8.66. The molecule has 1 N–H and O–H groups in total. The van der Waals surface area contributed by atoms with Gasteiger partial charge in [0.25, 0.3) is 0 Å². The van der Waals surface area contributed by atoms with Gasteiger partial charge in [0.15, 0.2) is 0 Å². The second-order valence-electron chi connectivity index (χ2n) is 5.54. The number of hydrogen-bond donors (Lipinski definition) is 1. The zero-order valence-corrected chi connectivity index (χ0v) is 14.1. The fraction of sp³-hybridized carbons (Fsp3) is 0.368. The summed E-state index contributed by atoms with van der Waals surface area (Å²) in [5.41, 5.74) is 5.52. The van der Waals surface area contributed by atoms with E-state index in [1.807, 2.05) is 11.8 Å². The molecule has 0 aliphatic heterocycles. The number of nitrogens with one attached hydrogen (secondary N) is 1. The van der Waals surface area contributed by atoms with E-state index in [4.69, 9.17) is 0 Å². The van der Waals surface area contributed by atoms with Gasteiger partial charge in [0.2, 0.25) is 0 Å². The van der Waals surface area contributed by atoms with Crippen molar-refractivity contribution in [2.45, 2.75) is 44.4 Å². The van der Waals surface area contributed by atoms with Gasteiger partial charge in [-0.15, -0.1) is 11.8 Å². The van der Waals surface area contributed by atoms with Crippen LogP contribution >= 0.6 is 11.8 Å². The predicted molar refractivity (Wildman–Crippen MR) is 93.9 cm³/mol. The predicted octanol–water partition coefficient (Wildman–Crippen LogP) is 5.10. The average Bonchev–Trinajstić information content (AvgIpc) is 2.50. The Hall–Kier alpha value is -1.25. The van der Waals surface area contributed by atoms with Gasteiger partial charge < -0.3 is 5.32 Å². The Morgan fingerprint density at radius 3 is 2.48 bits per heavy atom. The molecule has 2 aromatic rings. The molecule has 0 aliphatic rings. The zero-order chi connectivity index (χ0) is 15.1. The molecule has 112 valence electrons. The van der Waals surface area contributed by atoms with E-state index in [1.54, 1.807) is 0 Å². The Morgan fingerprint density at radius 2 is 1.76 bits per heavy atom.